The third-order valence-electron chi connectivity index (χ3n) is 4.58. The second kappa shape index (κ2) is 9.01. The minimum Gasteiger partial charge on any atom is -0.493 e. The molecular formula is C23H24N2O3S. The van der Waals surface area contributed by atoms with Crippen LogP contribution in [-0.2, 0) is 4.79 Å². The number of benzene rings is 2. The molecule has 0 N–H and O–H groups in total. The fourth-order valence-electron chi connectivity index (χ4n) is 2.80. The van der Waals surface area contributed by atoms with E-state index in [2.05, 4.69) is 25.4 Å². The van der Waals surface area contributed by atoms with Crippen LogP contribution >= 0.6 is 11.8 Å². The predicted molar refractivity (Wildman–Crippen MR) is 120 cm³/mol. The van der Waals surface area contributed by atoms with Crippen LogP contribution in [0.4, 0.5) is 5.69 Å². The summed E-state index contributed by atoms with van der Waals surface area (Å²) in [6, 6.07) is 11.6. The van der Waals surface area contributed by atoms with E-state index in [0.717, 1.165) is 11.3 Å². The molecule has 0 bridgehead atoms. The predicted octanol–water partition coefficient (Wildman–Crippen LogP) is 5.11. The number of likely N-dealkylation sites (N-methyl/N-ethyl adjacent to an activating group) is 1. The molecule has 29 heavy (non-hydrogen) atoms. The summed E-state index contributed by atoms with van der Waals surface area (Å²) in [7, 11) is 3.32. The summed E-state index contributed by atoms with van der Waals surface area (Å²) in [6.07, 6.45) is 3.48. The largest absolute Gasteiger partial charge is 0.493 e. The number of carbonyl (C=O) groups excluding carboxylic acids is 1. The molecule has 0 unspecified atom stereocenters. The lowest BCUT2D eigenvalue weighted by molar-refractivity contribution is -0.121. The van der Waals surface area contributed by atoms with Gasteiger partial charge in [0.2, 0.25) is 0 Å². The van der Waals surface area contributed by atoms with E-state index in [-0.39, 0.29) is 5.91 Å². The molecule has 150 valence electrons. The number of para-hydroxylation sites is 1. The monoisotopic (exact) mass is 408 g/mol. The number of aryl methyl sites for hydroxylation is 2. The summed E-state index contributed by atoms with van der Waals surface area (Å²) in [4.78, 5) is 19.6. The van der Waals surface area contributed by atoms with Gasteiger partial charge in [-0.05, 0) is 61.0 Å². The van der Waals surface area contributed by atoms with Gasteiger partial charge in [0.1, 0.15) is 6.61 Å². The van der Waals surface area contributed by atoms with Crippen LogP contribution in [-0.4, -0.2) is 36.7 Å². The Morgan fingerprint density at radius 2 is 2.00 bits per heavy atom. The van der Waals surface area contributed by atoms with Gasteiger partial charge in [-0.15, -0.1) is 0 Å². The maximum atomic E-state index is 12.8. The highest BCUT2D eigenvalue weighted by Gasteiger charge is 2.30. The number of amidine groups is 1. The van der Waals surface area contributed by atoms with Gasteiger partial charge >= 0.3 is 0 Å². The number of hydrogen-bond acceptors (Lipinski definition) is 5. The van der Waals surface area contributed by atoms with Crippen LogP contribution in [0.2, 0.25) is 0 Å². The smallest absolute Gasteiger partial charge is 0.266 e. The van der Waals surface area contributed by atoms with Gasteiger partial charge in [-0.3, -0.25) is 9.69 Å². The second-order valence-electron chi connectivity index (χ2n) is 6.62. The molecule has 1 aliphatic rings. The molecule has 2 aromatic carbocycles. The third-order valence-corrected chi connectivity index (χ3v) is 5.64. The average molecular weight is 409 g/mol. The number of thioether (sulfide) groups is 1. The van der Waals surface area contributed by atoms with E-state index in [0.29, 0.717) is 28.2 Å². The Hall–Kier alpha value is -2.99. The van der Waals surface area contributed by atoms with Crippen molar-refractivity contribution in [2.75, 3.05) is 20.8 Å². The van der Waals surface area contributed by atoms with E-state index >= 15 is 0 Å². The number of ether oxygens (including phenoxy) is 2. The fourth-order valence-corrected chi connectivity index (χ4v) is 3.78. The molecule has 5 nitrogen and oxygen atoms in total. The molecule has 0 spiro atoms. The highest BCUT2D eigenvalue weighted by Crippen LogP contribution is 2.37. The Labute approximate surface area is 175 Å². The van der Waals surface area contributed by atoms with Crippen molar-refractivity contribution < 1.29 is 14.3 Å². The molecule has 3 rings (SSSR count). The van der Waals surface area contributed by atoms with Gasteiger partial charge in [0.25, 0.3) is 5.91 Å². The molecule has 6 heteroatoms. The summed E-state index contributed by atoms with van der Waals surface area (Å²) >= 11 is 1.34. The van der Waals surface area contributed by atoms with E-state index in [1.165, 1.54) is 22.9 Å². The molecule has 1 amide bonds. The summed E-state index contributed by atoms with van der Waals surface area (Å²) < 4.78 is 11.2. The van der Waals surface area contributed by atoms with Gasteiger partial charge in [-0.1, -0.05) is 30.9 Å². The lowest BCUT2D eigenvalue weighted by Gasteiger charge is -2.12. The molecule has 0 saturated carbocycles. The number of aliphatic imine (C=N–C) groups is 1. The van der Waals surface area contributed by atoms with Crippen LogP contribution in [0.3, 0.4) is 0 Å². The summed E-state index contributed by atoms with van der Waals surface area (Å²) in [5.41, 5.74) is 3.97. The van der Waals surface area contributed by atoms with Crippen molar-refractivity contribution >= 4 is 34.6 Å². The van der Waals surface area contributed by atoms with Gasteiger partial charge in [0.15, 0.2) is 16.7 Å². The lowest BCUT2D eigenvalue weighted by Crippen LogP contribution is -2.23. The normalized spacial score (nSPS) is 16.6. The van der Waals surface area contributed by atoms with E-state index in [9.17, 15) is 4.79 Å². The third kappa shape index (κ3) is 4.54. The Morgan fingerprint density at radius 1 is 1.21 bits per heavy atom. The van der Waals surface area contributed by atoms with E-state index in [4.69, 9.17) is 9.47 Å². The van der Waals surface area contributed by atoms with Crippen molar-refractivity contribution in [3.63, 3.8) is 0 Å². The summed E-state index contributed by atoms with van der Waals surface area (Å²) in [5, 5.41) is 0.640. The van der Waals surface area contributed by atoms with Crippen LogP contribution < -0.4 is 9.47 Å². The Kier molecular flexibility index (Phi) is 6.44. The number of carbonyl (C=O) groups is 1. The molecule has 0 radical (unpaired) electrons. The highest BCUT2D eigenvalue weighted by molar-refractivity contribution is 8.18. The van der Waals surface area contributed by atoms with Gasteiger partial charge in [-0.25, -0.2) is 4.99 Å². The molecule has 1 aliphatic heterocycles. The van der Waals surface area contributed by atoms with E-state index in [1.807, 2.05) is 42.5 Å². The topological polar surface area (TPSA) is 51.1 Å². The number of nitrogens with zero attached hydrogens (tertiary/aromatic N) is 2. The van der Waals surface area contributed by atoms with E-state index < -0.39 is 0 Å². The SMILES string of the molecule is C=CCOc1c(/C=C2/SC(=Nc3ccc(C)c(C)c3)N(C)C2=O)cccc1OC. The summed E-state index contributed by atoms with van der Waals surface area (Å²) in [6.45, 7) is 8.14. The van der Waals surface area contributed by atoms with Crippen LogP contribution in [0.15, 0.2) is 59.0 Å². The summed E-state index contributed by atoms with van der Waals surface area (Å²) in [5.74, 6) is 1.09. The minimum absolute atomic E-state index is 0.102. The molecule has 2 aromatic rings. The number of methoxy groups -OCH3 is 1. The maximum Gasteiger partial charge on any atom is 0.266 e. The molecule has 0 atom stereocenters. The first-order chi connectivity index (χ1) is 13.9. The maximum absolute atomic E-state index is 12.8. The van der Waals surface area contributed by atoms with Crippen molar-refractivity contribution in [3.8, 4) is 11.5 Å². The first-order valence-corrected chi connectivity index (χ1v) is 10.0. The highest BCUT2D eigenvalue weighted by atomic mass is 32.2. The first-order valence-electron chi connectivity index (χ1n) is 9.19. The Balaban J connectivity index is 1.95. The van der Waals surface area contributed by atoms with Gasteiger partial charge in [0.05, 0.1) is 17.7 Å². The van der Waals surface area contributed by atoms with Gasteiger partial charge in [-0.2, -0.15) is 0 Å². The molecular weight excluding hydrogens is 384 g/mol. The zero-order valence-corrected chi connectivity index (χ0v) is 17.9. The first kappa shape index (κ1) is 20.7. The molecule has 0 aromatic heterocycles. The zero-order valence-electron chi connectivity index (χ0n) is 17.1. The Bertz CT molecular complexity index is 1010. The quantitative estimate of drug-likeness (QED) is 0.492. The number of hydrogen-bond donors (Lipinski definition) is 0. The average Bonchev–Trinajstić information content (AvgIpc) is 2.97. The van der Waals surface area contributed by atoms with E-state index in [1.54, 1.807) is 25.1 Å². The second-order valence-corrected chi connectivity index (χ2v) is 7.63. The number of rotatable bonds is 6. The standard InChI is InChI=1S/C23H24N2O3S/c1-6-12-28-21-17(8-7-9-19(21)27-5)14-20-22(26)25(4)23(29-20)24-18-11-10-15(2)16(3)13-18/h6-11,13-14H,1,12H2,2-5H3/b20-14+,24-23?. The molecule has 1 heterocycles. The van der Waals surface area contributed by atoms with Crippen molar-refractivity contribution in [1.29, 1.82) is 0 Å². The van der Waals surface area contributed by atoms with Crippen LogP contribution in [0, 0.1) is 13.8 Å². The van der Waals surface area contributed by atoms with Crippen molar-refractivity contribution in [2.45, 2.75) is 13.8 Å². The lowest BCUT2D eigenvalue weighted by atomic mass is 10.1. The minimum atomic E-state index is -0.102. The Morgan fingerprint density at radius 3 is 2.69 bits per heavy atom. The van der Waals surface area contributed by atoms with Crippen LogP contribution in [0.5, 0.6) is 11.5 Å². The molecule has 1 saturated heterocycles. The fraction of sp³-hybridized carbons (Fsp3) is 0.217. The molecule has 0 aliphatic carbocycles. The zero-order chi connectivity index (χ0) is 21.0. The van der Waals surface area contributed by atoms with Gasteiger partial charge in [0, 0.05) is 12.6 Å². The van der Waals surface area contributed by atoms with Crippen molar-refractivity contribution in [2.24, 2.45) is 4.99 Å². The van der Waals surface area contributed by atoms with Crippen molar-refractivity contribution in [3.05, 3.63) is 70.6 Å². The van der Waals surface area contributed by atoms with Gasteiger partial charge < -0.3 is 9.47 Å². The van der Waals surface area contributed by atoms with Crippen LogP contribution in [0.25, 0.3) is 6.08 Å². The van der Waals surface area contributed by atoms with Crippen molar-refractivity contribution in [1.82, 2.24) is 4.90 Å². The van der Waals surface area contributed by atoms with Crippen LogP contribution in [0.1, 0.15) is 16.7 Å². The number of amides is 1. The molecule has 1 fully saturated rings.